The Morgan fingerprint density at radius 3 is 2.90 bits per heavy atom. The van der Waals surface area contributed by atoms with Gasteiger partial charge in [-0.3, -0.25) is 4.79 Å². The summed E-state index contributed by atoms with van der Waals surface area (Å²) in [6.45, 7) is 0.695. The van der Waals surface area contributed by atoms with Crippen LogP contribution in [0.2, 0.25) is 0 Å². The van der Waals surface area contributed by atoms with Crippen molar-refractivity contribution in [3.8, 4) is 0 Å². The Balaban J connectivity index is 1.55. The lowest BCUT2D eigenvalue weighted by Crippen LogP contribution is -2.47. The highest BCUT2D eigenvalue weighted by Crippen LogP contribution is 2.44. The maximum Gasteiger partial charge on any atom is 0.146 e. The molecule has 2 fully saturated rings. The number of hydrogen-bond donors (Lipinski definition) is 0. The van der Waals surface area contributed by atoms with Crippen LogP contribution < -0.4 is 0 Å². The van der Waals surface area contributed by atoms with Gasteiger partial charge in [-0.05, 0) is 44.2 Å². The predicted molar refractivity (Wildman–Crippen MR) is 77.4 cm³/mol. The molecule has 1 saturated carbocycles. The number of Topliss-reactive ketones (excluding diaryl/α,β-unsaturated/α-hetero) is 1. The van der Waals surface area contributed by atoms with E-state index in [2.05, 4.69) is 0 Å². The summed E-state index contributed by atoms with van der Waals surface area (Å²) in [4.78, 5) is 12.9. The fraction of sp³-hybridized carbons (Fsp3) is 0.562. The summed E-state index contributed by atoms with van der Waals surface area (Å²) in [6, 6.07) is 6.63. The smallest absolute Gasteiger partial charge is 0.146 e. The SMILES string of the molecule is O=C(CSc1ccccc1F)C1CCOC2(CCC2)C1. The molecule has 20 heavy (non-hydrogen) atoms. The molecule has 0 N–H and O–H groups in total. The van der Waals surface area contributed by atoms with Crippen LogP contribution in [0.25, 0.3) is 0 Å². The first-order valence-corrected chi connectivity index (χ1v) is 8.21. The van der Waals surface area contributed by atoms with E-state index < -0.39 is 0 Å². The van der Waals surface area contributed by atoms with Gasteiger partial charge >= 0.3 is 0 Å². The average Bonchev–Trinajstić information content (AvgIpc) is 2.44. The zero-order valence-electron chi connectivity index (χ0n) is 11.4. The molecule has 3 rings (SSSR count). The summed E-state index contributed by atoms with van der Waals surface area (Å²) in [5.41, 5.74) is 0.00123. The van der Waals surface area contributed by atoms with Crippen molar-refractivity contribution in [3.05, 3.63) is 30.1 Å². The van der Waals surface area contributed by atoms with E-state index in [1.807, 2.05) is 0 Å². The highest BCUT2D eigenvalue weighted by Gasteiger charge is 2.44. The lowest BCUT2D eigenvalue weighted by atomic mass is 9.71. The Morgan fingerprint density at radius 1 is 1.40 bits per heavy atom. The first-order chi connectivity index (χ1) is 9.69. The maximum absolute atomic E-state index is 13.5. The number of ketones is 1. The van der Waals surface area contributed by atoms with Crippen LogP contribution in [-0.2, 0) is 9.53 Å². The second-order valence-corrected chi connectivity index (χ2v) is 6.78. The van der Waals surface area contributed by atoms with Crippen molar-refractivity contribution in [1.82, 2.24) is 0 Å². The van der Waals surface area contributed by atoms with Crippen molar-refractivity contribution in [2.24, 2.45) is 5.92 Å². The molecule has 0 aromatic heterocycles. The predicted octanol–water partition coefficient (Wildman–Crippen LogP) is 3.84. The van der Waals surface area contributed by atoms with E-state index in [1.54, 1.807) is 18.2 Å². The molecule has 1 saturated heterocycles. The van der Waals surface area contributed by atoms with Crippen LogP contribution in [-0.4, -0.2) is 23.7 Å². The molecule has 1 heterocycles. The van der Waals surface area contributed by atoms with Gasteiger partial charge in [0.2, 0.25) is 0 Å². The van der Waals surface area contributed by atoms with Gasteiger partial charge in [0, 0.05) is 17.4 Å². The molecular formula is C16H19FO2S. The standard InChI is InChI=1S/C16H19FO2S/c17-13-4-1-2-5-15(13)20-11-14(18)12-6-9-19-16(10-12)7-3-8-16/h1-2,4-5,12H,3,6-11H2. The topological polar surface area (TPSA) is 26.3 Å². The number of hydrogen-bond acceptors (Lipinski definition) is 3. The molecule has 1 aromatic carbocycles. The number of carbonyl (C=O) groups is 1. The highest BCUT2D eigenvalue weighted by atomic mass is 32.2. The number of ether oxygens (including phenoxy) is 1. The zero-order valence-corrected chi connectivity index (χ0v) is 12.3. The molecule has 1 aromatic rings. The average molecular weight is 294 g/mol. The minimum Gasteiger partial charge on any atom is -0.375 e. The molecule has 4 heteroatoms. The van der Waals surface area contributed by atoms with Gasteiger partial charge in [0.15, 0.2) is 0 Å². The second kappa shape index (κ2) is 5.86. The van der Waals surface area contributed by atoms with Gasteiger partial charge in [-0.1, -0.05) is 12.1 Å². The second-order valence-electron chi connectivity index (χ2n) is 5.76. The van der Waals surface area contributed by atoms with Crippen molar-refractivity contribution in [3.63, 3.8) is 0 Å². The molecule has 1 aliphatic heterocycles. The third kappa shape index (κ3) is 2.91. The van der Waals surface area contributed by atoms with Crippen LogP contribution in [0.3, 0.4) is 0 Å². The third-order valence-corrected chi connectivity index (χ3v) is 5.49. The summed E-state index contributed by atoms with van der Waals surface area (Å²) < 4.78 is 19.4. The maximum atomic E-state index is 13.5. The van der Waals surface area contributed by atoms with E-state index in [-0.39, 0.29) is 23.1 Å². The summed E-state index contributed by atoms with van der Waals surface area (Å²) in [7, 11) is 0. The van der Waals surface area contributed by atoms with Gasteiger partial charge in [0.25, 0.3) is 0 Å². The first-order valence-electron chi connectivity index (χ1n) is 7.23. The molecule has 0 radical (unpaired) electrons. The number of rotatable bonds is 4. The zero-order chi connectivity index (χ0) is 14.0. The van der Waals surface area contributed by atoms with E-state index in [1.165, 1.54) is 24.2 Å². The lowest BCUT2D eigenvalue weighted by molar-refractivity contribution is -0.154. The fourth-order valence-electron chi connectivity index (χ4n) is 3.05. The van der Waals surface area contributed by atoms with E-state index in [0.717, 1.165) is 25.7 Å². The molecule has 2 nitrogen and oxygen atoms in total. The molecule has 1 atom stereocenters. The number of carbonyl (C=O) groups excluding carboxylic acids is 1. The quantitative estimate of drug-likeness (QED) is 0.789. The van der Waals surface area contributed by atoms with E-state index in [9.17, 15) is 9.18 Å². The van der Waals surface area contributed by atoms with Crippen LogP contribution in [0.15, 0.2) is 29.2 Å². The van der Waals surface area contributed by atoms with Gasteiger partial charge in [-0.15, -0.1) is 11.8 Å². The Kier molecular flexibility index (Phi) is 4.13. The van der Waals surface area contributed by atoms with Crippen molar-refractivity contribution in [1.29, 1.82) is 0 Å². The van der Waals surface area contributed by atoms with Gasteiger partial charge in [-0.25, -0.2) is 4.39 Å². The molecule has 2 aliphatic rings. The Morgan fingerprint density at radius 2 is 2.20 bits per heavy atom. The molecule has 1 aliphatic carbocycles. The largest absolute Gasteiger partial charge is 0.375 e. The summed E-state index contributed by atoms with van der Waals surface area (Å²) in [6.07, 6.45) is 5.08. The van der Waals surface area contributed by atoms with Crippen LogP contribution in [0.1, 0.15) is 32.1 Å². The lowest BCUT2D eigenvalue weighted by Gasteiger charge is -2.46. The van der Waals surface area contributed by atoms with Crippen molar-refractivity contribution in [2.45, 2.75) is 42.6 Å². The highest BCUT2D eigenvalue weighted by molar-refractivity contribution is 8.00. The number of halogens is 1. The number of benzene rings is 1. The van der Waals surface area contributed by atoms with Crippen molar-refractivity contribution >= 4 is 17.5 Å². The minimum atomic E-state index is -0.243. The van der Waals surface area contributed by atoms with Gasteiger partial charge in [0.05, 0.1) is 11.4 Å². The fourth-order valence-corrected chi connectivity index (χ4v) is 3.96. The van der Waals surface area contributed by atoms with Gasteiger partial charge in [-0.2, -0.15) is 0 Å². The van der Waals surface area contributed by atoms with Crippen molar-refractivity contribution in [2.75, 3.05) is 12.4 Å². The summed E-state index contributed by atoms with van der Waals surface area (Å²) >= 11 is 1.31. The molecule has 1 unspecified atom stereocenters. The van der Waals surface area contributed by atoms with Crippen molar-refractivity contribution < 1.29 is 13.9 Å². The van der Waals surface area contributed by atoms with E-state index in [0.29, 0.717) is 17.3 Å². The normalized spacial score (nSPS) is 24.4. The van der Waals surface area contributed by atoms with Gasteiger partial charge in [0.1, 0.15) is 11.6 Å². The molecule has 1 spiro atoms. The molecular weight excluding hydrogens is 275 g/mol. The Labute approximate surface area is 123 Å². The first kappa shape index (κ1) is 14.1. The number of thioether (sulfide) groups is 1. The van der Waals surface area contributed by atoms with E-state index >= 15 is 0 Å². The Hall–Kier alpha value is -0.870. The van der Waals surface area contributed by atoms with Crippen LogP contribution in [0.4, 0.5) is 4.39 Å². The third-order valence-electron chi connectivity index (χ3n) is 4.42. The van der Waals surface area contributed by atoms with E-state index in [4.69, 9.17) is 4.74 Å². The van der Waals surface area contributed by atoms with Crippen LogP contribution in [0.5, 0.6) is 0 Å². The monoisotopic (exact) mass is 294 g/mol. The van der Waals surface area contributed by atoms with Crippen LogP contribution in [0, 0.1) is 11.7 Å². The molecule has 0 bridgehead atoms. The Bertz CT molecular complexity index is 499. The molecule has 0 amide bonds. The van der Waals surface area contributed by atoms with Crippen LogP contribution >= 0.6 is 11.8 Å². The van der Waals surface area contributed by atoms with Gasteiger partial charge < -0.3 is 4.74 Å². The summed E-state index contributed by atoms with van der Waals surface area (Å²) in [5.74, 6) is 0.464. The molecule has 108 valence electrons. The minimum absolute atomic E-state index is 0.00123. The summed E-state index contributed by atoms with van der Waals surface area (Å²) in [5, 5.41) is 0.